The van der Waals surface area contributed by atoms with Gasteiger partial charge in [0.25, 0.3) is 5.91 Å². The largest absolute Gasteiger partial charge is 0.365 e. The van der Waals surface area contributed by atoms with Gasteiger partial charge in [-0.05, 0) is 24.6 Å². The molecule has 0 unspecified atom stereocenters. The first-order valence-corrected chi connectivity index (χ1v) is 5.88. The van der Waals surface area contributed by atoms with E-state index < -0.39 is 5.91 Å². The van der Waals surface area contributed by atoms with E-state index in [0.717, 1.165) is 10.6 Å². The molecule has 17 heavy (non-hydrogen) atoms. The van der Waals surface area contributed by atoms with Gasteiger partial charge >= 0.3 is 0 Å². The zero-order chi connectivity index (χ0) is 12.4. The number of nitrogens with two attached hydrogens (primary N) is 1. The SMILES string of the molecule is Cc1nc(Cc2ccc(F)cc2)sc1C(N)=O. The Labute approximate surface area is 102 Å². The summed E-state index contributed by atoms with van der Waals surface area (Å²) in [6.45, 7) is 1.75. The van der Waals surface area contributed by atoms with Crippen molar-refractivity contribution in [1.29, 1.82) is 0 Å². The van der Waals surface area contributed by atoms with Crippen LogP contribution in [0.3, 0.4) is 0 Å². The van der Waals surface area contributed by atoms with Crippen molar-refractivity contribution >= 4 is 17.2 Å². The lowest BCUT2D eigenvalue weighted by Crippen LogP contribution is -2.09. The number of benzene rings is 1. The monoisotopic (exact) mass is 250 g/mol. The third kappa shape index (κ3) is 2.68. The van der Waals surface area contributed by atoms with Crippen LogP contribution in [-0.2, 0) is 6.42 Å². The molecule has 1 aromatic carbocycles. The maximum Gasteiger partial charge on any atom is 0.260 e. The highest BCUT2D eigenvalue weighted by Gasteiger charge is 2.12. The molecule has 0 radical (unpaired) electrons. The maximum atomic E-state index is 12.7. The molecule has 0 aliphatic carbocycles. The summed E-state index contributed by atoms with van der Waals surface area (Å²) in [7, 11) is 0. The van der Waals surface area contributed by atoms with E-state index in [1.807, 2.05) is 0 Å². The standard InChI is InChI=1S/C12H11FN2OS/c1-7-11(12(14)16)17-10(15-7)6-8-2-4-9(13)5-3-8/h2-5H,6H2,1H3,(H2,14,16). The van der Waals surface area contributed by atoms with Gasteiger partial charge in [-0.3, -0.25) is 4.79 Å². The van der Waals surface area contributed by atoms with Gasteiger partial charge in [-0.25, -0.2) is 9.37 Å². The average Bonchev–Trinajstić information content (AvgIpc) is 2.63. The minimum absolute atomic E-state index is 0.262. The molecule has 3 nitrogen and oxygen atoms in total. The van der Waals surface area contributed by atoms with Crippen LogP contribution in [0.5, 0.6) is 0 Å². The summed E-state index contributed by atoms with van der Waals surface area (Å²) < 4.78 is 12.7. The molecule has 1 aromatic heterocycles. The number of primary amides is 1. The number of carbonyl (C=O) groups is 1. The Morgan fingerprint density at radius 2 is 2.06 bits per heavy atom. The molecular weight excluding hydrogens is 239 g/mol. The van der Waals surface area contributed by atoms with Crippen molar-refractivity contribution < 1.29 is 9.18 Å². The van der Waals surface area contributed by atoms with Crippen molar-refractivity contribution in [3.8, 4) is 0 Å². The van der Waals surface area contributed by atoms with Crippen LogP contribution in [0.4, 0.5) is 4.39 Å². The molecular formula is C12H11FN2OS. The van der Waals surface area contributed by atoms with Gasteiger partial charge in [-0.2, -0.15) is 0 Å². The molecule has 88 valence electrons. The zero-order valence-electron chi connectivity index (χ0n) is 9.24. The third-order valence-corrected chi connectivity index (χ3v) is 3.51. The lowest BCUT2D eigenvalue weighted by molar-refractivity contribution is 0.100. The summed E-state index contributed by atoms with van der Waals surface area (Å²) in [6.07, 6.45) is 0.582. The van der Waals surface area contributed by atoms with E-state index in [1.54, 1.807) is 19.1 Å². The fourth-order valence-corrected chi connectivity index (χ4v) is 2.48. The van der Waals surface area contributed by atoms with E-state index >= 15 is 0 Å². The smallest absolute Gasteiger partial charge is 0.260 e. The topological polar surface area (TPSA) is 56.0 Å². The van der Waals surface area contributed by atoms with Crippen molar-refractivity contribution in [2.24, 2.45) is 5.73 Å². The van der Waals surface area contributed by atoms with Gasteiger partial charge < -0.3 is 5.73 Å². The van der Waals surface area contributed by atoms with Crippen LogP contribution in [0.1, 0.15) is 25.9 Å². The Bertz CT molecular complexity index is 548. The number of thiazole rings is 1. The van der Waals surface area contributed by atoms with Gasteiger partial charge in [0.1, 0.15) is 10.7 Å². The predicted molar refractivity (Wildman–Crippen MR) is 64.6 cm³/mol. The van der Waals surface area contributed by atoms with Crippen LogP contribution in [0, 0.1) is 12.7 Å². The molecule has 1 heterocycles. The second-order valence-electron chi connectivity index (χ2n) is 3.69. The third-order valence-electron chi connectivity index (χ3n) is 2.33. The van der Waals surface area contributed by atoms with E-state index in [0.29, 0.717) is 17.0 Å². The summed E-state index contributed by atoms with van der Waals surface area (Å²) in [5.74, 6) is -0.716. The number of aromatic nitrogens is 1. The Morgan fingerprint density at radius 1 is 1.41 bits per heavy atom. The molecule has 2 aromatic rings. The molecule has 0 saturated heterocycles. The van der Waals surface area contributed by atoms with Crippen molar-refractivity contribution in [3.05, 3.63) is 51.2 Å². The van der Waals surface area contributed by atoms with E-state index in [9.17, 15) is 9.18 Å². The number of hydrogen-bond donors (Lipinski definition) is 1. The number of nitrogens with zero attached hydrogens (tertiary/aromatic N) is 1. The van der Waals surface area contributed by atoms with Crippen LogP contribution in [0.25, 0.3) is 0 Å². The van der Waals surface area contributed by atoms with E-state index in [1.165, 1.54) is 23.5 Å². The second kappa shape index (κ2) is 4.63. The normalized spacial score (nSPS) is 10.5. The molecule has 1 amide bonds. The summed E-state index contributed by atoms with van der Waals surface area (Å²) >= 11 is 1.29. The number of hydrogen-bond acceptors (Lipinski definition) is 3. The van der Waals surface area contributed by atoms with Crippen molar-refractivity contribution in [1.82, 2.24) is 4.98 Å². The lowest BCUT2D eigenvalue weighted by Gasteiger charge is -1.96. The quantitative estimate of drug-likeness (QED) is 0.908. The Hall–Kier alpha value is -1.75. The predicted octanol–water partition coefficient (Wildman–Crippen LogP) is 2.28. The molecule has 0 bridgehead atoms. The van der Waals surface area contributed by atoms with Gasteiger partial charge in [-0.1, -0.05) is 12.1 Å². The Balaban J connectivity index is 2.22. The molecule has 0 spiro atoms. The summed E-state index contributed by atoms with van der Waals surface area (Å²) in [6, 6.07) is 6.22. The highest BCUT2D eigenvalue weighted by molar-refractivity contribution is 7.13. The molecule has 0 aliphatic rings. The molecule has 2 N–H and O–H groups in total. The van der Waals surface area contributed by atoms with Gasteiger partial charge in [-0.15, -0.1) is 11.3 Å². The van der Waals surface area contributed by atoms with Crippen molar-refractivity contribution in [3.63, 3.8) is 0 Å². The van der Waals surface area contributed by atoms with E-state index in [-0.39, 0.29) is 5.82 Å². The van der Waals surface area contributed by atoms with Gasteiger partial charge in [0.15, 0.2) is 0 Å². The molecule has 5 heteroatoms. The molecule has 0 atom stereocenters. The molecule has 0 fully saturated rings. The van der Waals surface area contributed by atoms with Crippen LogP contribution >= 0.6 is 11.3 Å². The number of aryl methyl sites for hydroxylation is 1. The number of halogens is 1. The fourth-order valence-electron chi connectivity index (χ4n) is 1.53. The molecule has 0 aliphatic heterocycles. The highest BCUT2D eigenvalue weighted by atomic mass is 32.1. The van der Waals surface area contributed by atoms with Crippen LogP contribution in [0.2, 0.25) is 0 Å². The minimum Gasteiger partial charge on any atom is -0.365 e. The zero-order valence-corrected chi connectivity index (χ0v) is 10.1. The van der Waals surface area contributed by atoms with Crippen LogP contribution in [-0.4, -0.2) is 10.9 Å². The second-order valence-corrected chi connectivity index (χ2v) is 4.77. The van der Waals surface area contributed by atoms with E-state index in [2.05, 4.69) is 4.98 Å². The van der Waals surface area contributed by atoms with E-state index in [4.69, 9.17) is 5.73 Å². The van der Waals surface area contributed by atoms with Gasteiger partial charge in [0, 0.05) is 6.42 Å². The average molecular weight is 250 g/mol. The van der Waals surface area contributed by atoms with Crippen LogP contribution < -0.4 is 5.73 Å². The van der Waals surface area contributed by atoms with Crippen LogP contribution in [0.15, 0.2) is 24.3 Å². The number of amides is 1. The number of rotatable bonds is 3. The van der Waals surface area contributed by atoms with Crippen molar-refractivity contribution in [2.75, 3.05) is 0 Å². The fraction of sp³-hybridized carbons (Fsp3) is 0.167. The summed E-state index contributed by atoms with van der Waals surface area (Å²) in [5, 5.41) is 0.808. The summed E-state index contributed by atoms with van der Waals surface area (Å²) in [5.41, 5.74) is 6.83. The Kier molecular flexibility index (Phi) is 3.19. The summed E-state index contributed by atoms with van der Waals surface area (Å²) in [4.78, 5) is 15.8. The molecule has 0 saturated carbocycles. The Morgan fingerprint density at radius 3 is 2.59 bits per heavy atom. The highest BCUT2D eigenvalue weighted by Crippen LogP contribution is 2.20. The first-order chi connectivity index (χ1) is 8.06. The minimum atomic E-state index is -0.453. The first kappa shape index (κ1) is 11.7. The maximum absolute atomic E-state index is 12.7. The van der Waals surface area contributed by atoms with Gasteiger partial charge in [0.2, 0.25) is 0 Å². The molecule has 2 rings (SSSR count). The lowest BCUT2D eigenvalue weighted by atomic mass is 10.1. The first-order valence-electron chi connectivity index (χ1n) is 5.07. The van der Waals surface area contributed by atoms with Crippen molar-refractivity contribution in [2.45, 2.75) is 13.3 Å². The van der Waals surface area contributed by atoms with Gasteiger partial charge in [0.05, 0.1) is 10.7 Å². The number of carbonyl (C=O) groups excluding carboxylic acids is 1.